The number of aromatic nitrogens is 2. The zero-order valence-corrected chi connectivity index (χ0v) is 15.9. The van der Waals surface area contributed by atoms with E-state index in [9.17, 15) is 4.79 Å². The van der Waals surface area contributed by atoms with Crippen molar-refractivity contribution in [2.24, 2.45) is 5.73 Å². The van der Waals surface area contributed by atoms with Gasteiger partial charge < -0.3 is 25.0 Å². The van der Waals surface area contributed by atoms with Gasteiger partial charge in [0.25, 0.3) is 5.19 Å². The summed E-state index contributed by atoms with van der Waals surface area (Å²) in [7, 11) is 0. The molecule has 0 aliphatic rings. The highest BCUT2D eigenvalue weighted by Gasteiger charge is 2.16. The van der Waals surface area contributed by atoms with Crippen molar-refractivity contribution in [3.8, 4) is 27.3 Å². The number of benzene rings is 1. The van der Waals surface area contributed by atoms with Gasteiger partial charge in [-0.1, -0.05) is 22.6 Å². The fourth-order valence-electron chi connectivity index (χ4n) is 2.30. The van der Waals surface area contributed by atoms with Crippen molar-refractivity contribution in [1.82, 2.24) is 15.5 Å². The Morgan fingerprint density at radius 2 is 2.04 bits per heavy atom. The summed E-state index contributed by atoms with van der Waals surface area (Å²) in [4.78, 5) is 16.0. The van der Waals surface area contributed by atoms with Crippen molar-refractivity contribution in [3.05, 3.63) is 42.3 Å². The zero-order valence-electron chi connectivity index (χ0n) is 15.1. The van der Waals surface area contributed by atoms with Gasteiger partial charge in [-0.15, -0.1) is 0 Å². The van der Waals surface area contributed by atoms with Crippen molar-refractivity contribution >= 4 is 17.4 Å². The van der Waals surface area contributed by atoms with E-state index in [2.05, 4.69) is 15.5 Å². The largest absolute Gasteiger partial charge is 0.491 e. The lowest BCUT2D eigenvalue weighted by Gasteiger charge is -2.10. The Hall–Kier alpha value is -3.07. The Bertz CT molecular complexity index is 921. The number of rotatable bonds is 7. The molecule has 2 heterocycles. The minimum Gasteiger partial charge on any atom is -0.491 e. The van der Waals surface area contributed by atoms with Gasteiger partial charge in [-0.05, 0) is 32.9 Å². The molecule has 8 nitrogen and oxygen atoms in total. The first-order chi connectivity index (χ1) is 12.9. The highest BCUT2D eigenvalue weighted by Crippen LogP contribution is 2.34. The minimum absolute atomic E-state index is 0.0829. The van der Waals surface area contributed by atoms with Crippen LogP contribution in [0.2, 0.25) is 0 Å². The minimum atomic E-state index is -0.627. The van der Waals surface area contributed by atoms with E-state index in [1.807, 2.05) is 38.1 Å². The molecule has 0 radical (unpaired) electrons. The second-order valence-electron chi connectivity index (χ2n) is 6.08. The average molecular weight is 388 g/mol. The Morgan fingerprint density at radius 1 is 1.26 bits per heavy atom. The van der Waals surface area contributed by atoms with Crippen molar-refractivity contribution in [3.63, 3.8) is 0 Å². The SMILES string of the molecule is CC(C)Oc1cccc(Oc2ncc(-c3cc(C(C)NC(N)=O)on3)s2)c1. The number of ether oxygens (including phenoxy) is 2. The number of hydrogen-bond donors (Lipinski definition) is 2. The molecule has 2 amide bonds. The van der Waals surface area contributed by atoms with Gasteiger partial charge in [0.1, 0.15) is 17.2 Å². The number of nitrogens with one attached hydrogen (secondary N) is 1. The van der Waals surface area contributed by atoms with E-state index in [1.165, 1.54) is 11.3 Å². The van der Waals surface area contributed by atoms with Gasteiger partial charge in [0, 0.05) is 12.1 Å². The standard InChI is InChI=1S/C18H20N4O4S/c1-10(2)24-12-5-4-6-13(7-12)25-18-20-9-16(27-18)14-8-15(26-22-14)11(3)21-17(19)23/h4-11H,1-3H3,(H3,19,21,23). The van der Waals surface area contributed by atoms with Gasteiger partial charge in [-0.2, -0.15) is 0 Å². The first-order valence-electron chi connectivity index (χ1n) is 8.34. The second kappa shape index (κ2) is 8.09. The quantitative estimate of drug-likeness (QED) is 0.630. The van der Waals surface area contributed by atoms with Crippen LogP contribution in [-0.2, 0) is 0 Å². The third kappa shape index (κ3) is 4.98. The maximum atomic E-state index is 10.9. The Labute approximate surface area is 160 Å². The van der Waals surface area contributed by atoms with Gasteiger partial charge in [0.2, 0.25) is 0 Å². The number of primary amides is 1. The molecule has 142 valence electrons. The van der Waals surface area contributed by atoms with E-state index in [4.69, 9.17) is 19.7 Å². The molecule has 0 aliphatic carbocycles. The molecule has 3 rings (SSSR count). The molecule has 1 unspecified atom stereocenters. The van der Waals surface area contributed by atoms with Crippen LogP contribution < -0.4 is 20.5 Å². The fourth-order valence-corrected chi connectivity index (χ4v) is 3.04. The third-order valence-corrected chi connectivity index (χ3v) is 4.33. The Kier molecular flexibility index (Phi) is 5.60. The topological polar surface area (TPSA) is 112 Å². The van der Waals surface area contributed by atoms with Crippen molar-refractivity contribution in [2.45, 2.75) is 32.9 Å². The zero-order chi connectivity index (χ0) is 19.4. The molecule has 0 spiro atoms. The molecule has 3 aromatic rings. The molecule has 0 bridgehead atoms. The summed E-state index contributed by atoms with van der Waals surface area (Å²) in [6.45, 7) is 5.68. The van der Waals surface area contributed by atoms with Crippen LogP contribution in [0.5, 0.6) is 16.7 Å². The maximum absolute atomic E-state index is 10.9. The predicted molar refractivity (Wildman–Crippen MR) is 101 cm³/mol. The van der Waals surface area contributed by atoms with Gasteiger partial charge in [0.05, 0.1) is 23.2 Å². The number of hydrogen-bond acceptors (Lipinski definition) is 7. The van der Waals surface area contributed by atoms with Crippen LogP contribution in [0.15, 0.2) is 41.1 Å². The molecule has 0 fully saturated rings. The lowest BCUT2D eigenvalue weighted by molar-refractivity contribution is 0.241. The molecular weight excluding hydrogens is 368 g/mol. The molecular formula is C18H20N4O4S. The van der Waals surface area contributed by atoms with Crippen LogP contribution in [0.1, 0.15) is 32.6 Å². The van der Waals surface area contributed by atoms with Crippen LogP contribution in [0.25, 0.3) is 10.6 Å². The van der Waals surface area contributed by atoms with E-state index in [0.29, 0.717) is 22.4 Å². The Balaban J connectivity index is 1.70. The highest BCUT2D eigenvalue weighted by molar-refractivity contribution is 7.16. The molecule has 0 aliphatic heterocycles. The van der Waals surface area contributed by atoms with Gasteiger partial charge in [0.15, 0.2) is 5.76 Å². The van der Waals surface area contributed by atoms with E-state index < -0.39 is 6.03 Å². The normalized spacial score (nSPS) is 12.0. The lowest BCUT2D eigenvalue weighted by atomic mass is 10.2. The van der Waals surface area contributed by atoms with Crippen LogP contribution in [-0.4, -0.2) is 22.3 Å². The fraction of sp³-hybridized carbons (Fsp3) is 0.278. The smallest absolute Gasteiger partial charge is 0.312 e. The van der Waals surface area contributed by atoms with Crippen molar-refractivity contribution in [2.75, 3.05) is 0 Å². The van der Waals surface area contributed by atoms with E-state index in [1.54, 1.807) is 19.2 Å². The number of thiazole rings is 1. The Morgan fingerprint density at radius 3 is 2.78 bits per heavy atom. The van der Waals surface area contributed by atoms with Crippen LogP contribution >= 0.6 is 11.3 Å². The molecule has 3 N–H and O–H groups in total. The number of urea groups is 1. The van der Waals surface area contributed by atoms with Gasteiger partial charge >= 0.3 is 6.03 Å². The first-order valence-corrected chi connectivity index (χ1v) is 9.15. The number of nitrogens with zero attached hydrogens (tertiary/aromatic N) is 2. The summed E-state index contributed by atoms with van der Waals surface area (Å²) in [5, 5.41) is 7.02. The number of amides is 2. The summed E-state index contributed by atoms with van der Waals surface area (Å²) in [6, 6.07) is 8.10. The number of nitrogens with two attached hydrogens (primary N) is 1. The molecule has 1 atom stereocenters. The monoisotopic (exact) mass is 388 g/mol. The van der Waals surface area contributed by atoms with Crippen molar-refractivity contribution < 1.29 is 18.8 Å². The summed E-state index contributed by atoms with van der Waals surface area (Å²) < 4.78 is 16.7. The first kappa shape index (κ1) is 18.7. The van der Waals surface area contributed by atoms with Crippen molar-refractivity contribution in [1.29, 1.82) is 0 Å². The number of carbonyl (C=O) groups is 1. The molecule has 2 aromatic heterocycles. The lowest BCUT2D eigenvalue weighted by Crippen LogP contribution is -2.31. The summed E-state index contributed by atoms with van der Waals surface area (Å²) in [5.74, 6) is 1.86. The molecule has 1 aromatic carbocycles. The summed E-state index contributed by atoms with van der Waals surface area (Å²) >= 11 is 1.33. The summed E-state index contributed by atoms with van der Waals surface area (Å²) in [5.41, 5.74) is 5.72. The number of carbonyl (C=O) groups excluding carboxylic acids is 1. The van der Waals surface area contributed by atoms with Crippen LogP contribution in [0.3, 0.4) is 0 Å². The van der Waals surface area contributed by atoms with E-state index >= 15 is 0 Å². The van der Waals surface area contributed by atoms with Gasteiger partial charge in [-0.3, -0.25) is 0 Å². The summed E-state index contributed by atoms with van der Waals surface area (Å²) in [6.07, 6.45) is 1.74. The maximum Gasteiger partial charge on any atom is 0.312 e. The van der Waals surface area contributed by atoms with Crippen LogP contribution in [0, 0.1) is 0 Å². The molecule has 9 heteroatoms. The third-order valence-electron chi connectivity index (χ3n) is 3.43. The molecule has 0 saturated carbocycles. The molecule has 27 heavy (non-hydrogen) atoms. The highest BCUT2D eigenvalue weighted by atomic mass is 32.1. The average Bonchev–Trinajstić information content (AvgIpc) is 3.23. The van der Waals surface area contributed by atoms with Crippen LogP contribution in [0.4, 0.5) is 4.79 Å². The second-order valence-corrected chi connectivity index (χ2v) is 7.07. The molecule has 0 saturated heterocycles. The van der Waals surface area contributed by atoms with E-state index in [-0.39, 0.29) is 12.1 Å². The predicted octanol–water partition coefficient (Wildman–Crippen LogP) is 4.11. The van der Waals surface area contributed by atoms with Gasteiger partial charge in [-0.25, -0.2) is 9.78 Å². The van der Waals surface area contributed by atoms with E-state index in [0.717, 1.165) is 10.6 Å².